The van der Waals surface area contributed by atoms with Crippen molar-refractivity contribution in [3.05, 3.63) is 77.4 Å². The van der Waals surface area contributed by atoms with Crippen molar-refractivity contribution in [2.75, 3.05) is 13.1 Å². The Morgan fingerprint density at radius 2 is 1.93 bits per heavy atom. The average Bonchev–Trinajstić information content (AvgIpc) is 3.05. The summed E-state index contributed by atoms with van der Waals surface area (Å²) in [4.78, 5) is 18.6. The molecule has 1 N–H and O–H groups in total. The Hall–Kier alpha value is -3.13. The van der Waals surface area contributed by atoms with Crippen LogP contribution in [0.5, 0.6) is 0 Å². The number of nitrogens with zero attached hydrogens (tertiary/aromatic N) is 5. The minimum Gasteiger partial charge on any atom is -0.349 e. The third kappa shape index (κ3) is 5.27. The highest BCUT2D eigenvalue weighted by atomic mass is 19.1. The third-order valence-electron chi connectivity index (χ3n) is 5.32. The molecule has 3 aromatic rings. The van der Waals surface area contributed by atoms with Gasteiger partial charge in [-0.1, -0.05) is 18.2 Å². The van der Waals surface area contributed by atoms with E-state index in [0.29, 0.717) is 19.4 Å². The third-order valence-corrected chi connectivity index (χ3v) is 5.32. The van der Waals surface area contributed by atoms with Crippen LogP contribution in [0.25, 0.3) is 0 Å². The Labute approximate surface area is 175 Å². The molecule has 1 aliphatic heterocycles. The van der Waals surface area contributed by atoms with Gasteiger partial charge in [-0.15, -0.1) is 10.2 Å². The first kappa shape index (κ1) is 20.2. The van der Waals surface area contributed by atoms with Crippen LogP contribution in [-0.4, -0.2) is 43.6 Å². The van der Waals surface area contributed by atoms with Crippen LogP contribution < -0.4 is 5.32 Å². The Morgan fingerprint density at radius 3 is 2.73 bits per heavy atom. The molecule has 0 atom stereocenters. The fourth-order valence-corrected chi connectivity index (χ4v) is 3.63. The number of pyridine rings is 1. The molecule has 0 saturated carbocycles. The zero-order valence-electron chi connectivity index (χ0n) is 16.8. The van der Waals surface area contributed by atoms with E-state index >= 15 is 0 Å². The highest BCUT2D eigenvalue weighted by Gasteiger charge is 2.19. The maximum atomic E-state index is 13.1. The number of nitrogens with one attached hydrogen (secondary N) is 1. The quantitative estimate of drug-likeness (QED) is 0.648. The summed E-state index contributed by atoms with van der Waals surface area (Å²) in [7, 11) is 0. The van der Waals surface area contributed by atoms with Gasteiger partial charge in [0.2, 0.25) is 5.91 Å². The van der Waals surface area contributed by atoms with E-state index in [1.807, 2.05) is 24.3 Å². The Bertz CT molecular complexity index is 973. The molecule has 2 aromatic heterocycles. The predicted molar refractivity (Wildman–Crippen MR) is 110 cm³/mol. The number of rotatable bonds is 7. The standard InChI is InChI=1S/C22H25FN6O/c23-19-6-3-18(4-7-19)16-28-11-9-20-26-27-21(29(20)13-12-28)15-25-22(30)8-5-17-2-1-10-24-14-17/h1-4,6-7,10,14H,5,8-9,11-13,15-16H2,(H,25,30). The summed E-state index contributed by atoms with van der Waals surface area (Å²) < 4.78 is 15.2. The number of fused-ring (bicyclic) bond motifs is 1. The number of carbonyl (C=O) groups is 1. The number of amides is 1. The number of halogens is 1. The van der Waals surface area contributed by atoms with E-state index in [1.165, 1.54) is 12.1 Å². The van der Waals surface area contributed by atoms with Crippen molar-refractivity contribution in [2.45, 2.75) is 38.9 Å². The van der Waals surface area contributed by atoms with Crippen molar-refractivity contribution in [1.82, 2.24) is 30.0 Å². The zero-order valence-corrected chi connectivity index (χ0v) is 16.8. The second-order valence-corrected chi connectivity index (χ2v) is 7.47. The Kier molecular flexibility index (Phi) is 6.44. The van der Waals surface area contributed by atoms with Gasteiger partial charge in [0.25, 0.3) is 0 Å². The van der Waals surface area contributed by atoms with Crippen molar-refractivity contribution < 1.29 is 9.18 Å². The summed E-state index contributed by atoms with van der Waals surface area (Å²) in [5.41, 5.74) is 2.14. The van der Waals surface area contributed by atoms with Crippen LogP contribution in [0.1, 0.15) is 29.2 Å². The molecule has 0 spiro atoms. The fourth-order valence-electron chi connectivity index (χ4n) is 3.63. The highest BCUT2D eigenvalue weighted by molar-refractivity contribution is 5.76. The maximum Gasteiger partial charge on any atom is 0.220 e. The number of hydrogen-bond acceptors (Lipinski definition) is 5. The van der Waals surface area contributed by atoms with E-state index in [9.17, 15) is 9.18 Å². The Morgan fingerprint density at radius 1 is 1.07 bits per heavy atom. The molecule has 0 radical (unpaired) electrons. The molecule has 3 heterocycles. The summed E-state index contributed by atoms with van der Waals surface area (Å²) >= 11 is 0. The van der Waals surface area contributed by atoms with Crippen molar-refractivity contribution in [3.63, 3.8) is 0 Å². The molecule has 4 rings (SSSR count). The normalized spacial score (nSPS) is 14.2. The van der Waals surface area contributed by atoms with Gasteiger partial charge in [0.15, 0.2) is 5.82 Å². The largest absolute Gasteiger partial charge is 0.349 e. The molecular weight excluding hydrogens is 383 g/mol. The van der Waals surface area contributed by atoms with Gasteiger partial charge in [0.05, 0.1) is 6.54 Å². The van der Waals surface area contributed by atoms with Gasteiger partial charge in [-0.3, -0.25) is 14.7 Å². The van der Waals surface area contributed by atoms with Crippen LogP contribution in [0.4, 0.5) is 4.39 Å². The molecule has 156 valence electrons. The number of hydrogen-bond donors (Lipinski definition) is 1. The molecule has 1 amide bonds. The van der Waals surface area contributed by atoms with E-state index in [-0.39, 0.29) is 11.7 Å². The lowest BCUT2D eigenvalue weighted by atomic mass is 10.1. The first-order valence-electron chi connectivity index (χ1n) is 10.2. The second kappa shape index (κ2) is 9.58. The molecule has 0 unspecified atom stereocenters. The lowest BCUT2D eigenvalue weighted by Gasteiger charge is -2.19. The molecule has 0 bridgehead atoms. The first-order chi connectivity index (χ1) is 14.7. The Balaban J connectivity index is 1.28. The molecule has 0 saturated heterocycles. The van der Waals surface area contributed by atoms with Crippen molar-refractivity contribution in [1.29, 1.82) is 0 Å². The van der Waals surface area contributed by atoms with E-state index < -0.39 is 0 Å². The summed E-state index contributed by atoms with van der Waals surface area (Å²) in [5.74, 6) is 1.50. The molecule has 0 aliphatic carbocycles. The number of carbonyl (C=O) groups excluding carboxylic acids is 1. The van der Waals surface area contributed by atoms with Gasteiger partial charge in [-0.25, -0.2) is 4.39 Å². The lowest BCUT2D eigenvalue weighted by Crippen LogP contribution is -2.28. The van der Waals surface area contributed by atoms with Crippen LogP contribution in [0, 0.1) is 5.82 Å². The van der Waals surface area contributed by atoms with Gasteiger partial charge in [-0.05, 0) is 35.7 Å². The van der Waals surface area contributed by atoms with Crippen LogP contribution in [0.2, 0.25) is 0 Å². The minimum absolute atomic E-state index is 0.0113. The zero-order chi connectivity index (χ0) is 20.8. The summed E-state index contributed by atoms with van der Waals surface area (Å²) in [6.07, 6.45) is 5.38. The van der Waals surface area contributed by atoms with Crippen LogP contribution >= 0.6 is 0 Å². The van der Waals surface area contributed by atoms with Crippen molar-refractivity contribution in [3.8, 4) is 0 Å². The van der Waals surface area contributed by atoms with E-state index in [1.54, 1.807) is 12.4 Å². The molecule has 1 aliphatic rings. The van der Waals surface area contributed by atoms with Gasteiger partial charge in [-0.2, -0.15) is 0 Å². The first-order valence-corrected chi connectivity index (χ1v) is 10.2. The second-order valence-electron chi connectivity index (χ2n) is 7.47. The molecular formula is C22H25FN6O. The molecule has 8 heteroatoms. The lowest BCUT2D eigenvalue weighted by molar-refractivity contribution is -0.121. The number of aromatic nitrogens is 4. The fraction of sp³-hybridized carbons (Fsp3) is 0.364. The molecule has 1 aromatic carbocycles. The van der Waals surface area contributed by atoms with Crippen LogP contribution in [0.15, 0.2) is 48.8 Å². The van der Waals surface area contributed by atoms with Crippen LogP contribution in [-0.2, 0) is 37.3 Å². The van der Waals surface area contributed by atoms with E-state index in [2.05, 4.69) is 30.0 Å². The van der Waals surface area contributed by atoms with Crippen molar-refractivity contribution in [2.24, 2.45) is 0 Å². The smallest absolute Gasteiger partial charge is 0.220 e. The molecule has 30 heavy (non-hydrogen) atoms. The highest BCUT2D eigenvalue weighted by Crippen LogP contribution is 2.13. The van der Waals surface area contributed by atoms with Crippen molar-refractivity contribution >= 4 is 5.91 Å². The van der Waals surface area contributed by atoms with E-state index in [4.69, 9.17) is 0 Å². The molecule has 0 fully saturated rings. The monoisotopic (exact) mass is 408 g/mol. The minimum atomic E-state index is -0.215. The van der Waals surface area contributed by atoms with E-state index in [0.717, 1.165) is 55.4 Å². The van der Waals surface area contributed by atoms with Gasteiger partial charge >= 0.3 is 0 Å². The van der Waals surface area contributed by atoms with Crippen LogP contribution in [0.3, 0.4) is 0 Å². The average molecular weight is 408 g/mol. The summed E-state index contributed by atoms with van der Waals surface area (Å²) in [5, 5.41) is 11.5. The summed E-state index contributed by atoms with van der Waals surface area (Å²) in [6, 6.07) is 10.5. The van der Waals surface area contributed by atoms with Gasteiger partial charge in [0, 0.05) is 51.4 Å². The SMILES string of the molecule is O=C(CCc1cccnc1)NCc1nnc2n1CCN(Cc1ccc(F)cc1)CC2. The number of aryl methyl sites for hydroxylation is 1. The number of benzene rings is 1. The maximum absolute atomic E-state index is 13.1. The predicted octanol–water partition coefficient (Wildman–Crippen LogP) is 2.12. The topological polar surface area (TPSA) is 75.9 Å². The summed E-state index contributed by atoms with van der Waals surface area (Å²) in [6.45, 7) is 3.64. The van der Waals surface area contributed by atoms with Gasteiger partial charge < -0.3 is 9.88 Å². The van der Waals surface area contributed by atoms with Gasteiger partial charge in [0.1, 0.15) is 11.6 Å². The molecule has 7 nitrogen and oxygen atoms in total.